The quantitative estimate of drug-likeness (QED) is 0.772. The van der Waals surface area contributed by atoms with Crippen molar-refractivity contribution < 1.29 is 4.52 Å². The molecule has 112 valence electrons. The Kier molecular flexibility index (Phi) is 3.10. The van der Waals surface area contributed by atoms with Crippen molar-refractivity contribution in [1.29, 1.82) is 0 Å². The highest BCUT2D eigenvalue weighted by Gasteiger charge is 2.24. The molecule has 1 atom stereocenters. The predicted octanol–water partition coefficient (Wildman–Crippen LogP) is 1.98. The molecule has 3 aromatic rings. The van der Waals surface area contributed by atoms with E-state index in [0.29, 0.717) is 17.3 Å². The monoisotopic (exact) mass is 296 g/mol. The second kappa shape index (κ2) is 5.25. The van der Waals surface area contributed by atoms with E-state index >= 15 is 0 Å². The fraction of sp³-hybridized carbons (Fsp3) is 0.333. The second-order valence-corrected chi connectivity index (χ2v) is 5.51. The summed E-state index contributed by atoms with van der Waals surface area (Å²) in [4.78, 5) is 15.1. The van der Waals surface area contributed by atoms with E-state index in [1.165, 1.54) is 6.33 Å². The van der Waals surface area contributed by atoms with Crippen molar-refractivity contribution in [1.82, 2.24) is 20.1 Å². The predicted molar refractivity (Wildman–Crippen MR) is 82.4 cm³/mol. The van der Waals surface area contributed by atoms with E-state index < -0.39 is 0 Å². The molecular weight excluding hydrogens is 280 g/mol. The van der Waals surface area contributed by atoms with Crippen LogP contribution in [0, 0.1) is 0 Å². The average Bonchev–Trinajstić information content (AvgIpc) is 3.10. The molecule has 0 bridgehead atoms. The van der Waals surface area contributed by atoms with Gasteiger partial charge in [-0.25, -0.2) is 15.0 Å². The molecule has 0 saturated carbocycles. The number of anilines is 2. The van der Waals surface area contributed by atoms with Gasteiger partial charge in [-0.2, -0.15) is 0 Å². The first-order chi connectivity index (χ1) is 10.8. The number of nitrogen functional groups attached to an aromatic ring is 1. The van der Waals surface area contributed by atoms with E-state index in [1.807, 2.05) is 18.2 Å². The summed E-state index contributed by atoms with van der Waals surface area (Å²) in [5.74, 6) is 1.69. The van der Waals surface area contributed by atoms with Gasteiger partial charge < -0.3 is 15.2 Å². The molecule has 0 spiro atoms. The lowest BCUT2D eigenvalue weighted by Crippen LogP contribution is -2.35. The minimum absolute atomic E-state index is 0.370. The van der Waals surface area contributed by atoms with Crippen LogP contribution < -0.4 is 10.6 Å². The molecule has 1 aliphatic rings. The lowest BCUT2D eigenvalue weighted by atomic mass is 9.95. The summed E-state index contributed by atoms with van der Waals surface area (Å²) in [6, 6.07) is 5.86. The number of hydrogen-bond donors (Lipinski definition) is 1. The fourth-order valence-electron chi connectivity index (χ4n) is 2.98. The largest absolute Gasteiger partial charge is 0.382 e. The van der Waals surface area contributed by atoms with E-state index in [9.17, 15) is 0 Å². The normalized spacial score (nSPS) is 18.7. The Morgan fingerprint density at radius 1 is 1.23 bits per heavy atom. The van der Waals surface area contributed by atoms with Gasteiger partial charge in [-0.15, -0.1) is 0 Å². The third kappa shape index (κ3) is 2.24. The van der Waals surface area contributed by atoms with Gasteiger partial charge in [0.15, 0.2) is 5.82 Å². The average molecular weight is 296 g/mol. The minimum atomic E-state index is 0.370. The first-order valence-corrected chi connectivity index (χ1v) is 7.34. The number of aromatic nitrogens is 4. The van der Waals surface area contributed by atoms with E-state index in [4.69, 9.17) is 10.3 Å². The van der Waals surface area contributed by atoms with Crippen LogP contribution in [-0.4, -0.2) is 33.2 Å². The van der Waals surface area contributed by atoms with Crippen LogP contribution in [0.25, 0.3) is 11.0 Å². The molecule has 22 heavy (non-hydrogen) atoms. The third-order valence-electron chi connectivity index (χ3n) is 4.12. The molecule has 1 unspecified atom stereocenters. The Labute approximate surface area is 127 Å². The number of hydrogen-bond acceptors (Lipinski definition) is 7. The van der Waals surface area contributed by atoms with Crippen molar-refractivity contribution in [3.63, 3.8) is 0 Å². The van der Waals surface area contributed by atoms with Crippen LogP contribution in [0.15, 0.2) is 35.3 Å². The first-order valence-electron chi connectivity index (χ1n) is 7.34. The number of rotatable bonds is 2. The van der Waals surface area contributed by atoms with E-state index in [0.717, 1.165) is 43.0 Å². The topological polar surface area (TPSA) is 94.0 Å². The molecular formula is C15H16N6O. The van der Waals surface area contributed by atoms with E-state index in [1.54, 1.807) is 6.26 Å². The van der Waals surface area contributed by atoms with E-state index in [-0.39, 0.29) is 0 Å². The zero-order valence-electron chi connectivity index (χ0n) is 12.0. The number of fused-ring (bicyclic) bond motifs is 1. The maximum absolute atomic E-state index is 5.90. The Morgan fingerprint density at radius 2 is 2.18 bits per heavy atom. The zero-order valence-corrected chi connectivity index (χ0v) is 12.0. The van der Waals surface area contributed by atoms with Gasteiger partial charge in [0.05, 0.1) is 11.2 Å². The highest BCUT2D eigenvalue weighted by Crippen LogP contribution is 2.29. The number of nitrogens with two attached hydrogens (primary N) is 1. The smallest absolute Gasteiger partial charge is 0.153 e. The maximum Gasteiger partial charge on any atom is 0.153 e. The van der Waals surface area contributed by atoms with Crippen LogP contribution in [0.5, 0.6) is 0 Å². The molecule has 7 nitrogen and oxygen atoms in total. The molecule has 4 rings (SSSR count). The zero-order chi connectivity index (χ0) is 14.9. The molecule has 0 aromatic carbocycles. The highest BCUT2D eigenvalue weighted by molar-refractivity contribution is 5.84. The Hall–Kier alpha value is -2.70. The Bertz CT molecular complexity index is 788. The Morgan fingerprint density at radius 3 is 3.05 bits per heavy atom. The summed E-state index contributed by atoms with van der Waals surface area (Å²) in [5, 5.41) is 4.07. The first kappa shape index (κ1) is 13.0. The van der Waals surface area contributed by atoms with Crippen molar-refractivity contribution in [2.75, 3.05) is 23.7 Å². The van der Waals surface area contributed by atoms with Crippen LogP contribution >= 0.6 is 0 Å². The molecule has 2 N–H and O–H groups in total. The molecule has 4 heterocycles. The summed E-state index contributed by atoms with van der Waals surface area (Å²) >= 11 is 0. The molecule has 1 saturated heterocycles. The van der Waals surface area contributed by atoms with Crippen molar-refractivity contribution in [2.45, 2.75) is 18.8 Å². The van der Waals surface area contributed by atoms with Gasteiger partial charge in [0.25, 0.3) is 0 Å². The van der Waals surface area contributed by atoms with Gasteiger partial charge in [-0.05, 0) is 25.0 Å². The summed E-state index contributed by atoms with van der Waals surface area (Å²) in [6.07, 6.45) is 5.29. The molecule has 7 heteroatoms. The molecule has 0 radical (unpaired) electrons. The lowest BCUT2D eigenvalue weighted by Gasteiger charge is -2.32. The lowest BCUT2D eigenvalue weighted by molar-refractivity contribution is 0.394. The van der Waals surface area contributed by atoms with Crippen molar-refractivity contribution in [3.05, 3.63) is 36.5 Å². The van der Waals surface area contributed by atoms with Gasteiger partial charge in [0, 0.05) is 25.1 Å². The van der Waals surface area contributed by atoms with Crippen molar-refractivity contribution in [2.24, 2.45) is 0 Å². The number of pyridine rings is 1. The molecule has 0 amide bonds. The van der Waals surface area contributed by atoms with Crippen LogP contribution in [0.2, 0.25) is 0 Å². The van der Waals surface area contributed by atoms with Crippen molar-refractivity contribution >= 4 is 22.7 Å². The molecule has 0 aliphatic carbocycles. The van der Waals surface area contributed by atoms with Gasteiger partial charge in [0.2, 0.25) is 0 Å². The van der Waals surface area contributed by atoms with Crippen LogP contribution in [-0.2, 0) is 0 Å². The number of piperidine rings is 1. The maximum atomic E-state index is 5.90. The molecule has 1 fully saturated rings. The standard InChI is InChI=1S/C15H16N6O/c16-15-14-12(17-9-18-15)3-4-13(19-14)21-6-1-2-10(8-21)11-5-7-22-20-11/h3-5,7,9-10H,1-2,6,8H2,(H2,16,17,18). The fourth-order valence-corrected chi connectivity index (χ4v) is 2.98. The summed E-state index contributed by atoms with van der Waals surface area (Å²) in [6.45, 7) is 1.85. The summed E-state index contributed by atoms with van der Waals surface area (Å²) in [7, 11) is 0. The van der Waals surface area contributed by atoms with Crippen LogP contribution in [0.1, 0.15) is 24.5 Å². The number of nitrogens with zero attached hydrogens (tertiary/aromatic N) is 5. The van der Waals surface area contributed by atoms with Gasteiger partial charge in [-0.3, -0.25) is 0 Å². The Balaban J connectivity index is 1.65. The molecule has 1 aliphatic heterocycles. The second-order valence-electron chi connectivity index (χ2n) is 5.51. The molecule has 3 aromatic heterocycles. The van der Waals surface area contributed by atoms with Gasteiger partial charge in [0.1, 0.15) is 23.9 Å². The SMILES string of the molecule is Nc1ncnc2ccc(N3CCCC(c4ccon4)C3)nc12. The van der Waals surface area contributed by atoms with Crippen LogP contribution in [0.3, 0.4) is 0 Å². The van der Waals surface area contributed by atoms with Crippen LogP contribution in [0.4, 0.5) is 11.6 Å². The van der Waals surface area contributed by atoms with Gasteiger partial charge >= 0.3 is 0 Å². The highest BCUT2D eigenvalue weighted by atomic mass is 16.5. The summed E-state index contributed by atoms with van der Waals surface area (Å²) < 4.78 is 4.96. The third-order valence-corrected chi connectivity index (χ3v) is 4.12. The van der Waals surface area contributed by atoms with E-state index in [2.05, 4.69) is 25.0 Å². The van der Waals surface area contributed by atoms with Gasteiger partial charge in [-0.1, -0.05) is 5.16 Å². The minimum Gasteiger partial charge on any atom is -0.382 e. The van der Waals surface area contributed by atoms with Crippen molar-refractivity contribution in [3.8, 4) is 0 Å². The summed E-state index contributed by atoms with van der Waals surface area (Å²) in [5.41, 5.74) is 8.33.